The van der Waals surface area contributed by atoms with Gasteiger partial charge in [0.2, 0.25) is 23.4 Å². The molecular formula is C67H105Gd2N31O30+4. The number of rotatable bonds is 36. The molecule has 7 heterocycles. The first-order chi connectivity index (χ1) is 60.7. The van der Waals surface area contributed by atoms with Gasteiger partial charge in [0.1, 0.15) is 0 Å². The van der Waals surface area contributed by atoms with Crippen LogP contribution in [0, 0.1) is 79.9 Å². The Balaban J connectivity index is 0.000000612. The summed E-state index contributed by atoms with van der Waals surface area (Å²) in [5.41, 5.74) is 9.02. The van der Waals surface area contributed by atoms with Crippen molar-refractivity contribution in [3.05, 3.63) is 34.2 Å². The number of carboxylic acid groups (broad SMARTS) is 9. The Bertz CT molecular complexity index is 4010. The van der Waals surface area contributed by atoms with Gasteiger partial charge in [0.15, 0.2) is 39.9 Å². The van der Waals surface area contributed by atoms with Crippen molar-refractivity contribution in [3.8, 4) is 0 Å². The topological polar surface area (TPSA) is 869 Å². The average molecular weight is 2140 g/mol. The van der Waals surface area contributed by atoms with Gasteiger partial charge in [0, 0.05) is 183 Å². The molecule has 7 amide bonds. The average Bonchev–Trinajstić information content (AvgIpc) is 1.82. The van der Waals surface area contributed by atoms with Crippen molar-refractivity contribution in [2.75, 3.05) is 255 Å². The Hall–Kier alpha value is -10.4. The molecule has 23 N–H and O–H groups in total. The molecule has 63 heteroatoms. The van der Waals surface area contributed by atoms with E-state index in [0.29, 0.717) is 5.06 Å². The van der Waals surface area contributed by atoms with E-state index in [2.05, 4.69) is 56.9 Å². The van der Waals surface area contributed by atoms with Crippen LogP contribution in [-0.2, 0) is 72.0 Å². The molecule has 4 saturated heterocycles. The normalized spacial score (nSPS) is 16.8. The summed E-state index contributed by atoms with van der Waals surface area (Å²) in [5.74, 6) is -2.58. The molecule has 0 saturated carbocycles. The van der Waals surface area contributed by atoms with Crippen molar-refractivity contribution in [2.45, 2.75) is 12.8 Å². The van der Waals surface area contributed by atoms with Crippen LogP contribution in [0.15, 0.2) is 0 Å². The predicted molar refractivity (Wildman–Crippen MR) is 420 cm³/mol. The van der Waals surface area contributed by atoms with E-state index < -0.39 is 145 Å². The standard InChI is InChI=1S/2C21H34N10O9.C20H31N5O10.C5H8N6O2.2Gd/c2*22-24-21(40)20-19(25-27-26-20)14(32)9-23-15(33)10-28-1-3-29(11-16(34)35)5-7-31(13-18(38)39)8-6-30(4-2-28)12-17(36)37;26-15-1-2-16(27)25(15)35-20(34)14-24-9-7-22(12-18(30)31)5-3-21(11-17(28)29)4-6-23(8-10-24)13-19(32)33;6-1-2(12)3-4(5(13)8-7)10-11-9-3;;/h2*1-13,22H2,(H,23,33)(H,24,40)(H,34,35)(H,36,37)(H,38,39)(H,25,26,27);1-14H2,(H,28,29)(H,30,31)(H,32,33);1,6-7H2,(H,8,13)(H,9,10,11);;/q;;;;2*+3/p-2. The summed E-state index contributed by atoms with van der Waals surface area (Å²) in [7, 11) is 0. The molecule has 4 fully saturated rings. The Morgan fingerprint density at radius 3 is 0.700 bits per heavy atom. The number of amides is 7. The minimum atomic E-state index is -1.33. The number of nitrogens with two attached hydrogens (primary N) is 4. The summed E-state index contributed by atoms with van der Waals surface area (Å²) < 4.78 is 0. The van der Waals surface area contributed by atoms with Gasteiger partial charge in [-0.2, -0.15) is 46.2 Å². The second kappa shape index (κ2) is 62.1. The van der Waals surface area contributed by atoms with Crippen LogP contribution in [0.25, 0.3) is 0 Å². The van der Waals surface area contributed by atoms with E-state index in [9.17, 15) is 142 Å². The molecule has 2 radical (unpaired) electrons. The Morgan fingerprint density at radius 2 is 0.500 bits per heavy atom. The van der Waals surface area contributed by atoms with Crippen LogP contribution in [0.5, 0.6) is 0 Å². The molecule has 3 aromatic heterocycles. The first-order valence-electron chi connectivity index (χ1n) is 38.9. The number of aromatic amines is 3. The quantitative estimate of drug-likeness (QED) is 0.00845. The fourth-order valence-corrected chi connectivity index (χ4v) is 12.4. The van der Waals surface area contributed by atoms with E-state index in [1.165, 1.54) is 9.80 Å². The summed E-state index contributed by atoms with van der Waals surface area (Å²) >= 11 is 0. The second-order valence-corrected chi connectivity index (χ2v) is 28.4. The molecule has 61 nitrogen and oxygen atoms in total. The fraction of sp³-hybridized carbons (Fsp3) is 0.612. The van der Waals surface area contributed by atoms with E-state index >= 15 is 0 Å². The first-order valence-corrected chi connectivity index (χ1v) is 38.9. The minimum absolute atomic E-state index is 0. The zero-order chi connectivity index (χ0) is 95.1. The predicted octanol–water partition coefficient (Wildman–Crippen LogP) is -17.7. The number of ketones is 3. The van der Waals surface area contributed by atoms with Crippen LogP contribution in [-0.4, -0.2) is 519 Å². The van der Waals surface area contributed by atoms with E-state index in [1.807, 2.05) is 16.3 Å². The third kappa shape index (κ3) is 45.9. The van der Waals surface area contributed by atoms with Crippen LogP contribution in [0.4, 0.5) is 0 Å². The molecule has 7 rings (SSSR count). The zero-order valence-corrected chi connectivity index (χ0v) is 74.6. The molecule has 720 valence electrons. The Morgan fingerprint density at radius 1 is 0.308 bits per heavy atom. The number of hydroxylamine groups is 2. The summed E-state index contributed by atoms with van der Waals surface area (Å²) in [6, 6.07) is 0. The number of aliphatic carboxylic acids is 9. The maximum atomic E-state index is 12.7. The molecule has 4 aliphatic rings. The summed E-state index contributed by atoms with van der Waals surface area (Å²) in [5, 5.41) is 120. The number of carbonyl (C=O) groups is 20. The van der Waals surface area contributed by atoms with Gasteiger partial charge < -0.3 is 76.8 Å². The van der Waals surface area contributed by atoms with Crippen LogP contribution >= 0.6 is 0 Å². The number of hydrogen-bond acceptors (Lipinski definition) is 45. The fourth-order valence-electron chi connectivity index (χ4n) is 12.4. The molecule has 0 aliphatic carbocycles. The Kier molecular flexibility index (Phi) is 55.2. The van der Waals surface area contributed by atoms with Crippen molar-refractivity contribution in [2.24, 2.45) is 23.3 Å². The van der Waals surface area contributed by atoms with Crippen molar-refractivity contribution in [1.29, 1.82) is 0 Å². The number of Topliss-reactive ketones (excluding diaryl/α,β-unsaturated/α-hetero) is 3. The number of H-pyrrole nitrogens is 3. The van der Waals surface area contributed by atoms with Crippen molar-refractivity contribution in [3.63, 3.8) is 0 Å². The van der Waals surface area contributed by atoms with E-state index in [1.54, 1.807) is 49.0 Å². The molecule has 0 bridgehead atoms. The van der Waals surface area contributed by atoms with E-state index in [-0.39, 0.29) is 356 Å². The maximum Gasteiger partial charge on any atom is 3.00 e. The van der Waals surface area contributed by atoms with E-state index in [0.717, 1.165) is 0 Å². The first kappa shape index (κ1) is 116. The SMILES string of the molecule is NCC(=O)c1n[nH]nc1C(=O)NN.NNC(=O)c1n[nH]nc1C(=O)CNC(=O)CN1CCN(CC(=O)O)CCN(CC(=O)O)CCN(CC(=O)O)CC1.NNC(=O)c1n[nH]nc1C(=O)CNC(=O)CN1CCN(CC(=O)[O-])CCN(CC(=O)[O-])CCN(CC(=O)O)CC1.O=C(O)CN1CCN(CC(=O)O)CCN(CC(=O)ON2C(=O)CCC2=O)CCN(CC(=O)O)CC1.[Gd+3].[Gd+3]. The van der Waals surface area contributed by atoms with Crippen molar-refractivity contribution < 1.29 is 227 Å². The summed E-state index contributed by atoms with van der Waals surface area (Å²) in [6.45, 7) is 0.497. The van der Waals surface area contributed by atoms with Crippen molar-refractivity contribution >= 4 is 118 Å². The van der Waals surface area contributed by atoms with Crippen molar-refractivity contribution in [1.82, 2.24) is 137 Å². The number of hydrazine groups is 3. The summed E-state index contributed by atoms with van der Waals surface area (Å²) in [4.78, 5) is 257. The van der Waals surface area contributed by atoms with Crippen LogP contribution < -0.4 is 60.4 Å². The third-order valence-corrected chi connectivity index (χ3v) is 18.8. The second-order valence-electron chi connectivity index (χ2n) is 28.4. The van der Waals surface area contributed by atoms with Crippen LogP contribution in [0.2, 0.25) is 0 Å². The molecule has 0 unspecified atom stereocenters. The van der Waals surface area contributed by atoms with Gasteiger partial charge in [-0.3, -0.25) is 157 Å². The van der Waals surface area contributed by atoms with E-state index in [4.69, 9.17) is 28.1 Å². The Labute approximate surface area is 801 Å². The molecule has 3 aromatic rings. The maximum absolute atomic E-state index is 12.7. The number of aromatic nitrogens is 9. The number of carboxylic acids is 9. The van der Waals surface area contributed by atoms with Crippen LogP contribution in [0.3, 0.4) is 0 Å². The number of nitrogens with one attached hydrogen (secondary N) is 8. The van der Waals surface area contributed by atoms with Gasteiger partial charge in [0.25, 0.3) is 29.5 Å². The van der Waals surface area contributed by atoms with Gasteiger partial charge in [-0.1, -0.05) is 0 Å². The minimum Gasteiger partial charge on any atom is -0.549 e. The zero-order valence-electron chi connectivity index (χ0n) is 70.0. The monoisotopic (exact) mass is 2140 g/mol. The summed E-state index contributed by atoms with van der Waals surface area (Å²) in [6.07, 6.45) is -0.0773. The molecule has 130 heavy (non-hydrogen) atoms. The van der Waals surface area contributed by atoms with Gasteiger partial charge in [-0.15, -0.1) is 5.06 Å². The van der Waals surface area contributed by atoms with Crippen LogP contribution in [0.1, 0.15) is 75.8 Å². The molecule has 4 aliphatic heterocycles. The molecule has 0 aromatic carbocycles. The number of nitrogen functional groups attached to an aromatic ring is 3. The molecule has 0 spiro atoms. The van der Waals surface area contributed by atoms with Gasteiger partial charge in [-0.05, 0) is 0 Å². The number of carbonyl (C=O) groups excluding carboxylic acids is 13. The number of nitrogens with zero attached hydrogens (tertiary/aromatic N) is 19. The van der Waals surface area contributed by atoms with Gasteiger partial charge in [0.05, 0.1) is 97.0 Å². The number of hydrogen-bond donors (Lipinski definition) is 19. The number of imide groups is 1. The molecule has 0 atom stereocenters. The van der Waals surface area contributed by atoms with Gasteiger partial charge >= 0.3 is 128 Å². The molecular weight excluding hydrogens is 2030 g/mol. The smallest absolute Gasteiger partial charge is 0.549 e. The van der Waals surface area contributed by atoms with Gasteiger partial charge in [-0.25, -0.2) is 22.3 Å². The largest absolute Gasteiger partial charge is 3.00 e. The third-order valence-electron chi connectivity index (χ3n) is 18.8.